The molecule has 0 aromatic heterocycles. The lowest BCUT2D eigenvalue weighted by Crippen LogP contribution is -2.55. The van der Waals surface area contributed by atoms with E-state index in [9.17, 15) is 17.2 Å². The quantitative estimate of drug-likeness (QED) is 0.910. The summed E-state index contributed by atoms with van der Waals surface area (Å²) >= 11 is 0. The van der Waals surface area contributed by atoms with E-state index in [1.54, 1.807) is 13.8 Å². The smallest absolute Gasteiger partial charge is 0.246 e. The number of hydrogen-bond donors (Lipinski definition) is 1. The van der Waals surface area contributed by atoms with Gasteiger partial charge in [-0.1, -0.05) is 0 Å². The summed E-state index contributed by atoms with van der Waals surface area (Å²) in [6, 6.07) is 1.73. The Labute approximate surface area is 122 Å². The Hall–Kier alpha value is -1.09. The fourth-order valence-corrected chi connectivity index (χ4v) is 4.18. The van der Waals surface area contributed by atoms with Crippen molar-refractivity contribution in [2.45, 2.75) is 30.9 Å². The standard InChI is InChI=1S/C13H17F2NO4S/c1-13(2)8-20-4-3-16(13)21(18,19)11-6-9(7-17)5-10(14)12(11)15/h5-6,17H,3-4,7-8H2,1-2H3. The van der Waals surface area contributed by atoms with Crippen molar-refractivity contribution in [3.63, 3.8) is 0 Å². The number of halogens is 2. The second-order valence-electron chi connectivity index (χ2n) is 5.49. The van der Waals surface area contributed by atoms with Gasteiger partial charge in [0.15, 0.2) is 11.6 Å². The van der Waals surface area contributed by atoms with Gasteiger partial charge in [0, 0.05) is 6.54 Å². The highest BCUT2D eigenvalue weighted by Crippen LogP contribution is 2.30. The summed E-state index contributed by atoms with van der Waals surface area (Å²) in [7, 11) is -4.23. The molecule has 0 atom stereocenters. The Morgan fingerprint density at radius 1 is 1.38 bits per heavy atom. The first-order valence-electron chi connectivity index (χ1n) is 6.39. The number of morpholine rings is 1. The maximum Gasteiger partial charge on any atom is 0.246 e. The minimum atomic E-state index is -4.23. The van der Waals surface area contributed by atoms with Crippen LogP contribution in [0.1, 0.15) is 19.4 Å². The lowest BCUT2D eigenvalue weighted by molar-refractivity contribution is -0.00781. The van der Waals surface area contributed by atoms with Crippen molar-refractivity contribution in [1.82, 2.24) is 4.31 Å². The van der Waals surface area contributed by atoms with E-state index in [2.05, 4.69) is 0 Å². The molecule has 2 rings (SSSR count). The van der Waals surface area contributed by atoms with Gasteiger partial charge in [-0.3, -0.25) is 0 Å². The van der Waals surface area contributed by atoms with Crippen LogP contribution in [0.4, 0.5) is 8.78 Å². The first-order chi connectivity index (χ1) is 9.70. The topological polar surface area (TPSA) is 66.8 Å². The molecule has 0 spiro atoms. The molecule has 1 aliphatic rings. The SMILES string of the molecule is CC1(C)COCCN1S(=O)(=O)c1cc(CO)cc(F)c1F. The summed E-state index contributed by atoms with van der Waals surface area (Å²) in [6.45, 7) is 3.12. The Kier molecular flexibility index (Phi) is 4.34. The molecule has 1 N–H and O–H groups in total. The van der Waals surface area contributed by atoms with Gasteiger partial charge in [-0.25, -0.2) is 17.2 Å². The summed E-state index contributed by atoms with van der Waals surface area (Å²) in [5.41, 5.74) is -0.867. The van der Waals surface area contributed by atoms with Crippen LogP contribution in [0, 0.1) is 11.6 Å². The second-order valence-corrected chi connectivity index (χ2v) is 7.32. The number of ether oxygens (including phenoxy) is 1. The van der Waals surface area contributed by atoms with E-state index in [1.807, 2.05) is 0 Å². The zero-order valence-electron chi connectivity index (χ0n) is 11.8. The third-order valence-corrected chi connectivity index (χ3v) is 5.48. The number of sulfonamides is 1. The van der Waals surface area contributed by atoms with Gasteiger partial charge in [0.25, 0.3) is 0 Å². The van der Waals surface area contributed by atoms with Gasteiger partial charge in [-0.2, -0.15) is 4.31 Å². The molecule has 118 valence electrons. The summed E-state index contributed by atoms with van der Waals surface area (Å²) in [6.07, 6.45) is 0. The molecule has 0 bridgehead atoms. The summed E-state index contributed by atoms with van der Waals surface area (Å²) in [5.74, 6) is -2.74. The van der Waals surface area contributed by atoms with Gasteiger partial charge in [0.05, 0.1) is 25.4 Å². The number of rotatable bonds is 3. The zero-order valence-corrected chi connectivity index (χ0v) is 12.6. The van der Waals surface area contributed by atoms with Crippen LogP contribution in [-0.4, -0.2) is 43.1 Å². The van der Waals surface area contributed by atoms with E-state index in [0.717, 1.165) is 16.4 Å². The van der Waals surface area contributed by atoms with Gasteiger partial charge < -0.3 is 9.84 Å². The third-order valence-electron chi connectivity index (χ3n) is 3.37. The highest BCUT2D eigenvalue weighted by molar-refractivity contribution is 7.89. The molecule has 0 radical (unpaired) electrons. The maximum atomic E-state index is 13.9. The van der Waals surface area contributed by atoms with E-state index >= 15 is 0 Å². The van der Waals surface area contributed by atoms with Crippen molar-refractivity contribution in [3.05, 3.63) is 29.3 Å². The second kappa shape index (κ2) is 5.60. The average Bonchev–Trinajstić information content (AvgIpc) is 2.40. The van der Waals surface area contributed by atoms with Gasteiger partial charge >= 0.3 is 0 Å². The molecule has 0 saturated carbocycles. The first-order valence-corrected chi connectivity index (χ1v) is 7.83. The fraction of sp³-hybridized carbons (Fsp3) is 0.538. The van der Waals surface area contributed by atoms with E-state index in [-0.39, 0.29) is 25.3 Å². The van der Waals surface area contributed by atoms with Crippen LogP contribution >= 0.6 is 0 Å². The minimum Gasteiger partial charge on any atom is -0.392 e. The van der Waals surface area contributed by atoms with Crippen LogP contribution in [0.2, 0.25) is 0 Å². The van der Waals surface area contributed by atoms with Crippen LogP contribution in [-0.2, 0) is 21.4 Å². The molecule has 1 saturated heterocycles. The molecule has 1 aromatic rings. The molecule has 21 heavy (non-hydrogen) atoms. The molecule has 0 unspecified atom stereocenters. The van der Waals surface area contributed by atoms with Crippen molar-refractivity contribution in [3.8, 4) is 0 Å². The number of aliphatic hydroxyl groups excluding tert-OH is 1. The summed E-state index contributed by atoms with van der Waals surface area (Å²) < 4.78 is 59.0. The van der Waals surface area contributed by atoms with Gasteiger partial charge in [0.2, 0.25) is 10.0 Å². The molecule has 1 fully saturated rings. The van der Waals surface area contributed by atoms with Gasteiger partial charge in [0.1, 0.15) is 4.90 Å². The summed E-state index contributed by atoms with van der Waals surface area (Å²) in [5, 5.41) is 9.04. The summed E-state index contributed by atoms with van der Waals surface area (Å²) in [4.78, 5) is -0.762. The molecule has 1 aliphatic heterocycles. The Balaban J connectivity index is 2.56. The average molecular weight is 321 g/mol. The molecule has 1 aromatic carbocycles. The third kappa shape index (κ3) is 2.94. The lowest BCUT2D eigenvalue weighted by atomic mass is 10.1. The Morgan fingerprint density at radius 2 is 2.05 bits per heavy atom. The van der Waals surface area contributed by atoms with Gasteiger partial charge in [-0.05, 0) is 31.5 Å². The van der Waals surface area contributed by atoms with E-state index in [4.69, 9.17) is 9.84 Å². The van der Waals surface area contributed by atoms with E-state index in [1.165, 1.54) is 0 Å². The first kappa shape index (κ1) is 16.3. The van der Waals surface area contributed by atoms with Crippen molar-refractivity contribution in [2.24, 2.45) is 0 Å². The minimum absolute atomic E-state index is 0.00135. The predicted molar refractivity (Wildman–Crippen MR) is 71.1 cm³/mol. The molecular formula is C13H17F2NO4S. The Morgan fingerprint density at radius 3 is 2.62 bits per heavy atom. The number of benzene rings is 1. The zero-order chi connectivity index (χ0) is 15.8. The monoisotopic (exact) mass is 321 g/mol. The molecule has 0 aliphatic carbocycles. The van der Waals surface area contributed by atoms with E-state index in [0.29, 0.717) is 0 Å². The normalized spacial score (nSPS) is 19.7. The predicted octanol–water partition coefficient (Wildman–Crippen LogP) is 1.26. The largest absolute Gasteiger partial charge is 0.392 e. The molecule has 1 heterocycles. The highest BCUT2D eigenvalue weighted by atomic mass is 32.2. The van der Waals surface area contributed by atoms with Crippen molar-refractivity contribution < 1.29 is 27.0 Å². The van der Waals surface area contributed by atoms with Crippen LogP contribution in [0.15, 0.2) is 17.0 Å². The highest BCUT2D eigenvalue weighted by Gasteiger charge is 2.41. The number of nitrogens with zero attached hydrogens (tertiary/aromatic N) is 1. The maximum absolute atomic E-state index is 13.9. The van der Waals surface area contributed by atoms with E-state index < -0.39 is 38.7 Å². The van der Waals surface area contributed by atoms with Crippen molar-refractivity contribution >= 4 is 10.0 Å². The van der Waals surface area contributed by atoms with Crippen LogP contribution in [0.5, 0.6) is 0 Å². The molecule has 5 nitrogen and oxygen atoms in total. The number of aliphatic hydroxyl groups is 1. The molecule has 8 heteroatoms. The van der Waals surface area contributed by atoms with Crippen LogP contribution < -0.4 is 0 Å². The molecule has 0 amide bonds. The van der Waals surface area contributed by atoms with Gasteiger partial charge in [-0.15, -0.1) is 0 Å². The van der Waals surface area contributed by atoms with Crippen LogP contribution in [0.3, 0.4) is 0 Å². The number of hydrogen-bond acceptors (Lipinski definition) is 4. The van der Waals surface area contributed by atoms with Crippen molar-refractivity contribution in [2.75, 3.05) is 19.8 Å². The fourth-order valence-electron chi connectivity index (χ4n) is 2.30. The Bertz CT molecular complexity index is 646. The molecular weight excluding hydrogens is 304 g/mol. The van der Waals surface area contributed by atoms with Crippen molar-refractivity contribution in [1.29, 1.82) is 0 Å². The van der Waals surface area contributed by atoms with Crippen LogP contribution in [0.25, 0.3) is 0 Å². The lowest BCUT2D eigenvalue weighted by Gasteiger charge is -2.40.